The minimum absolute atomic E-state index is 0.0212. The number of nitrogens with two attached hydrogens (primary N) is 1. The number of aliphatic hydroxyl groups is 3. The Labute approximate surface area is 129 Å². The number of ether oxygens (including phenoxy) is 1. The normalized spacial score (nSPS) is 27.7. The van der Waals surface area contributed by atoms with Gasteiger partial charge in [0.2, 0.25) is 11.9 Å². The summed E-state index contributed by atoms with van der Waals surface area (Å²) in [6.07, 6.45) is -4.64. The Bertz CT molecular complexity index is 773. The number of imidazole rings is 1. The van der Waals surface area contributed by atoms with Crippen LogP contribution in [0.2, 0.25) is 0 Å². The van der Waals surface area contributed by atoms with E-state index >= 15 is 0 Å². The maximum absolute atomic E-state index is 12.0. The van der Waals surface area contributed by atoms with Crippen LogP contribution in [0.5, 0.6) is 0 Å². The van der Waals surface area contributed by atoms with Gasteiger partial charge in [-0.3, -0.25) is 14.3 Å². The standard InChI is InChI=1S/C12H18N6O5/c1-2-14-12-15-5-8(16-11(13)17-9(5)22)18(12)10-7(21)6(20)4(3-19)23-10/h4,6-7,10,19-21H,2-3H2,1H3,(H,14,15)(H3,13,16,17,22)/t4-,6+,7+,10+/m0/s1. The van der Waals surface area contributed by atoms with Crippen LogP contribution in [0.3, 0.4) is 0 Å². The van der Waals surface area contributed by atoms with Gasteiger partial charge in [-0.25, -0.2) is 4.98 Å². The number of anilines is 2. The van der Waals surface area contributed by atoms with E-state index < -0.39 is 36.7 Å². The third-order valence-electron chi connectivity index (χ3n) is 3.68. The van der Waals surface area contributed by atoms with Crippen LogP contribution in [0, 0.1) is 0 Å². The number of aromatic amines is 1. The SMILES string of the molecule is CCNc1nc2c(=O)[nH]c(N)nc2n1[C@@H]1O[C@@H](CO)[C@@H](O)[C@H]1O. The molecular weight excluding hydrogens is 308 g/mol. The third kappa shape index (κ3) is 2.43. The molecule has 0 aromatic carbocycles. The van der Waals surface area contributed by atoms with Crippen molar-refractivity contribution in [1.82, 2.24) is 19.5 Å². The van der Waals surface area contributed by atoms with Gasteiger partial charge in [0.15, 0.2) is 17.4 Å². The molecule has 0 amide bonds. The number of H-pyrrole nitrogens is 1. The summed E-state index contributed by atoms with van der Waals surface area (Å²) in [7, 11) is 0. The smallest absolute Gasteiger partial charge is 0.280 e. The first kappa shape index (κ1) is 15.7. The fourth-order valence-corrected chi connectivity index (χ4v) is 2.62. The van der Waals surface area contributed by atoms with Crippen LogP contribution in [0.4, 0.5) is 11.9 Å². The molecule has 1 aliphatic rings. The summed E-state index contributed by atoms with van der Waals surface area (Å²) >= 11 is 0. The zero-order valence-corrected chi connectivity index (χ0v) is 12.3. The molecule has 0 saturated carbocycles. The van der Waals surface area contributed by atoms with Crippen LogP contribution in [0.25, 0.3) is 11.2 Å². The lowest BCUT2D eigenvalue weighted by atomic mass is 10.1. The second kappa shape index (κ2) is 5.77. The second-order valence-electron chi connectivity index (χ2n) is 5.19. The fourth-order valence-electron chi connectivity index (χ4n) is 2.62. The number of hydrogen-bond acceptors (Lipinski definition) is 9. The van der Waals surface area contributed by atoms with Crippen molar-refractivity contribution in [1.29, 1.82) is 0 Å². The van der Waals surface area contributed by atoms with E-state index in [4.69, 9.17) is 10.5 Å². The fraction of sp³-hybridized carbons (Fsp3) is 0.583. The molecule has 1 aliphatic heterocycles. The van der Waals surface area contributed by atoms with Crippen molar-refractivity contribution in [3.63, 3.8) is 0 Å². The summed E-state index contributed by atoms with van der Waals surface area (Å²) in [5.74, 6) is 0.124. The van der Waals surface area contributed by atoms with Crippen molar-refractivity contribution < 1.29 is 20.1 Å². The number of nitrogen functional groups attached to an aromatic ring is 1. The van der Waals surface area contributed by atoms with Crippen LogP contribution in [-0.2, 0) is 4.74 Å². The van der Waals surface area contributed by atoms with Crippen LogP contribution >= 0.6 is 0 Å². The van der Waals surface area contributed by atoms with Gasteiger partial charge in [0.1, 0.15) is 18.3 Å². The summed E-state index contributed by atoms with van der Waals surface area (Å²) < 4.78 is 6.85. The van der Waals surface area contributed by atoms with Gasteiger partial charge < -0.3 is 31.1 Å². The molecule has 3 heterocycles. The first-order chi connectivity index (χ1) is 11.0. The summed E-state index contributed by atoms with van der Waals surface area (Å²) in [5.41, 5.74) is 5.17. The Balaban J connectivity index is 2.19. The minimum atomic E-state index is -1.33. The molecule has 23 heavy (non-hydrogen) atoms. The largest absolute Gasteiger partial charge is 0.394 e. The molecule has 126 valence electrons. The van der Waals surface area contributed by atoms with E-state index in [1.807, 2.05) is 6.92 Å². The summed E-state index contributed by atoms with van der Waals surface area (Å²) in [5, 5.41) is 32.3. The molecule has 3 rings (SSSR count). The number of hydrogen-bond donors (Lipinski definition) is 6. The Kier molecular flexibility index (Phi) is 3.93. The number of aliphatic hydroxyl groups excluding tert-OH is 3. The topological polar surface area (TPSA) is 172 Å². The molecule has 7 N–H and O–H groups in total. The predicted molar refractivity (Wildman–Crippen MR) is 79.7 cm³/mol. The van der Waals surface area contributed by atoms with E-state index in [0.717, 1.165) is 0 Å². The van der Waals surface area contributed by atoms with Gasteiger partial charge in [0.05, 0.1) is 6.61 Å². The van der Waals surface area contributed by atoms with Crippen LogP contribution in [0.1, 0.15) is 13.2 Å². The Morgan fingerprint density at radius 2 is 2.13 bits per heavy atom. The van der Waals surface area contributed by atoms with E-state index in [9.17, 15) is 20.1 Å². The van der Waals surface area contributed by atoms with Crippen molar-refractivity contribution in [3.05, 3.63) is 10.4 Å². The molecule has 11 nitrogen and oxygen atoms in total. The summed E-state index contributed by atoms with van der Waals surface area (Å²) in [6, 6.07) is 0. The average molecular weight is 326 g/mol. The Morgan fingerprint density at radius 3 is 2.74 bits per heavy atom. The quantitative estimate of drug-likeness (QED) is 0.363. The van der Waals surface area contributed by atoms with Gasteiger partial charge in [-0.1, -0.05) is 0 Å². The van der Waals surface area contributed by atoms with E-state index in [0.29, 0.717) is 6.54 Å². The third-order valence-corrected chi connectivity index (χ3v) is 3.68. The monoisotopic (exact) mass is 326 g/mol. The number of aromatic nitrogens is 4. The maximum atomic E-state index is 12.0. The molecule has 2 aromatic heterocycles. The average Bonchev–Trinajstić information content (AvgIpc) is 2.99. The molecule has 2 aromatic rings. The van der Waals surface area contributed by atoms with Gasteiger partial charge in [0, 0.05) is 6.54 Å². The summed E-state index contributed by atoms with van der Waals surface area (Å²) in [6.45, 7) is 1.85. The lowest BCUT2D eigenvalue weighted by Crippen LogP contribution is -2.33. The molecular formula is C12H18N6O5. The molecule has 0 bridgehead atoms. The zero-order chi connectivity index (χ0) is 16.7. The molecule has 0 spiro atoms. The van der Waals surface area contributed by atoms with E-state index in [1.54, 1.807) is 0 Å². The number of nitrogens with zero attached hydrogens (tertiary/aromatic N) is 3. The molecule has 0 radical (unpaired) electrons. The van der Waals surface area contributed by atoms with Gasteiger partial charge in [-0.05, 0) is 6.92 Å². The first-order valence-electron chi connectivity index (χ1n) is 7.12. The Morgan fingerprint density at radius 1 is 1.39 bits per heavy atom. The number of rotatable bonds is 4. The highest BCUT2D eigenvalue weighted by Gasteiger charge is 2.45. The zero-order valence-electron chi connectivity index (χ0n) is 12.3. The van der Waals surface area contributed by atoms with E-state index in [2.05, 4.69) is 20.3 Å². The molecule has 11 heteroatoms. The lowest BCUT2D eigenvalue weighted by Gasteiger charge is -2.19. The van der Waals surface area contributed by atoms with Crippen LogP contribution in [-0.4, -0.2) is 66.3 Å². The minimum Gasteiger partial charge on any atom is -0.394 e. The highest BCUT2D eigenvalue weighted by molar-refractivity contribution is 5.74. The van der Waals surface area contributed by atoms with Gasteiger partial charge in [-0.15, -0.1) is 0 Å². The van der Waals surface area contributed by atoms with Crippen molar-refractivity contribution in [3.8, 4) is 0 Å². The highest BCUT2D eigenvalue weighted by Crippen LogP contribution is 2.33. The van der Waals surface area contributed by atoms with Crippen molar-refractivity contribution in [2.75, 3.05) is 24.2 Å². The summed E-state index contributed by atoms with van der Waals surface area (Å²) in [4.78, 5) is 22.5. The van der Waals surface area contributed by atoms with Crippen molar-refractivity contribution >= 4 is 23.1 Å². The molecule has 0 aliphatic carbocycles. The molecule has 1 fully saturated rings. The Hall–Kier alpha value is -2.21. The highest BCUT2D eigenvalue weighted by atomic mass is 16.6. The molecule has 0 unspecified atom stereocenters. The molecule has 1 saturated heterocycles. The first-order valence-corrected chi connectivity index (χ1v) is 7.12. The van der Waals surface area contributed by atoms with Crippen LogP contribution in [0.15, 0.2) is 4.79 Å². The predicted octanol–water partition coefficient (Wildman–Crippen LogP) is -2.25. The van der Waals surface area contributed by atoms with Crippen molar-refractivity contribution in [2.45, 2.75) is 31.5 Å². The molecule has 4 atom stereocenters. The van der Waals surface area contributed by atoms with Gasteiger partial charge in [0.25, 0.3) is 5.56 Å². The number of fused-ring (bicyclic) bond motifs is 1. The van der Waals surface area contributed by atoms with E-state index in [1.165, 1.54) is 4.57 Å². The maximum Gasteiger partial charge on any atom is 0.280 e. The van der Waals surface area contributed by atoms with Crippen LogP contribution < -0.4 is 16.6 Å². The van der Waals surface area contributed by atoms with E-state index in [-0.39, 0.29) is 23.1 Å². The lowest BCUT2D eigenvalue weighted by molar-refractivity contribution is -0.0501. The number of nitrogens with one attached hydrogen (secondary N) is 2. The van der Waals surface area contributed by atoms with Gasteiger partial charge >= 0.3 is 0 Å². The van der Waals surface area contributed by atoms with Crippen molar-refractivity contribution in [2.24, 2.45) is 0 Å². The second-order valence-corrected chi connectivity index (χ2v) is 5.19. The van der Waals surface area contributed by atoms with Gasteiger partial charge in [-0.2, -0.15) is 4.98 Å².